The van der Waals surface area contributed by atoms with Crippen molar-refractivity contribution in [1.82, 2.24) is 10.2 Å². The first-order valence-corrected chi connectivity index (χ1v) is 14.7. The summed E-state index contributed by atoms with van der Waals surface area (Å²) in [5, 5.41) is 6.17. The summed E-state index contributed by atoms with van der Waals surface area (Å²) in [5.41, 5.74) is 3.83. The average molecular weight is 555 g/mol. The third kappa shape index (κ3) is 9.59. The van der Waals surface area contributed by atoms with Crippen molar-refractivity contribution in [2.24, 2.45) is 11.8 Å². The van der Waals surface area contributed by atoms with Crippen molar-refractivity contribution in [2.75, 3.05) is 18.4 Å². The molecule has 0 saturated carbocycles. The number of anilines is 1. The number of nitrogens with one attached hydrogen (secondary N) is 2. The Labute approximate surface area is 245 Å². The molecule has 3 aromatic carbocycles. The van der Waals surface area contributed by atoms with Gasteiger partial charge in [-0.2, -0.15) is 0 Å². The molecule has 2 unspecified atom stereocenters. The number of nitrogens with zero attached hydrogens (tertiary/aromatic N) is 1. The number of carbonyl (C=O) groups excluding carboxylic acids is 3. The Morgan fingerprint density at radius 3 is 2.07 bits per heavy atom. The van der Waals surface area contributed by atoms with Gasteiger partial charge in [-0.3, -0.25) is 14.4 Å². The van der Waals surface area contributed by atoms with Crippen LogP contribution in [0.2, 0.25) is 0 Å². The minimum Gasteiger partial charge on any atom is -0.349 e. The molecule has 3 rings (SSSR count). The van der Waals surface area contributed by atoms with Crippen LogP contribution in [0.5, 0.6) is 0 Å². The van der Waals surface area contributed by atoms with Crippen molar-refractivity contribution >= 4 is 23.4 Å². The van der Waals surface area contributed by atoms with Gasteiger partial charge in [-0.05, 0) is 74.4 Å². The van der Waals surface area contributed by atoms with E-state index in [0.717, 1.165) is 29.7 Å². The van der Waals surface area contributed by atoms with Crippen LogP contribution in [-0.2, 0) is 11.2 Å². The monoisotopic (exact) mass is 554 g/mol. The first-order valence-electron chi connectivity index (χ1n) is 14.7. The van der Waals surface area contributed by atoms with Gasteiger partial charge in [0.25, 0.3) is 11.8 Å². The molecule has 41 heavy (non-hydrogen) atoms. The van der Waals surface area contributed by atoms with Crippen LogP contribution in [-0.4, -0.2) is 41.8 Å². The number of hydrogen-bond donors (Lipinski definition) is 2. The fraction of sp³-hybridized carbons (Fsp3) is 0.371. The van der Waals surface area contributed by atoms with Gasteiger partial charge in [0, 0.05) is 41.9 Å². The fourth-order valence-corrected chi connectivity index (χ4v) is 4.84. The summed E-state index contributed by atoms with van der Waals surface area (Å²) >= 11 is 0. The van der Waals surface area contributed by atoms with Gasteiger partial charge in [-0.1, -0.05) is 81.8 Å². The molecule has 2 atom stereocenters. The molecule has 0 aromatic heterocycles. The largest absolute Gasteiger partial charge is 0.349 e. The SMILES string of the molecule is CCCN(CCC)C(=O)c1cccc(C(=O)NC([CH]C(C(=O)Nc2ccc(C)cc2)C(C)C)Cc2ccccc2)c1. The number of amides is 3. The molecule has 0 fully saturated rings. The van der Waals surface area contributed by atoms with Crippen molar-refractivity contribution in [1.29, 1.82) is 0 Å². The Kier molecular flexibility index (Phi) is 12.1. The van der Waals surface area contributed by atoms with Crippen molar-refractivity contribution in [3.8, 4) is 0 Å². The second-order valence-corrected chi connectivity index (χ2v) is 11.0. The summed E-state index contributed by atoms with van der Waals surface area (Å²) in [5.74, 6) is -0.885. The second kappa shape index (κ2) is 15.8. The molecule has 217 valence electrons. The van der Waals surface area contributed by atoms with Gasteiger partial charge in [0.05, 0.1) is 0 Å². The van der Waals surface area contributed by atoms with Crippen molar-refractivity contribution < 1.29 is 14.4 Å². The molecule has 0 heterocycles. The predicted octanol–water partition coefficient (Wildman–Crippen LogP) is 6.71. The maximum atomic E-state index is 13.5. The van der Waals surface area contributed by atoms with Gasteiger partial charge in [-0.15, -0.1) is 0 Å². The summed E-state index contributed by atoms with van der Waals surface area (Å²) in [6.07, 6.45) is 4.22. The predicted molar refractivity (Wildman–Crippen MR) is 167 cm³/mol. The first-order chi connectivity index (χ1) is 19.7. The average Bonchev–Trinajstić information content (AvgIpc) is 2.96. The summed E-state index contributed by atoms with van der Waals surface area (Å²) in [6.45, 7) is 11.5. The molecule has 0 aliphatic heterocycles. The van der Waals surface area contributed by atoms with E-state index in [0.29, 0.717) is 30.6 Å². The lowest BCUT2D eigenvalue weighted by molar-refractivity contribution is -0.120. The van der Waals surface area contributed by atoms with Gasteiger partial charge in [0.1, 0.15) is 0 Å². The molecular formula is C35H44N3O3. The highest BCUT2D eigenvalue weighted by atomic mass is 16.2. The number of rotatable bonds is 14. The lowest BCUT2D eigenvalue weighted by Gasteiger charge is -2.26. The van der Waals surface area contributed by atoms with E-state index in [9.17, 15) is 14.4 Å². The highest BCUT2D eigenvalue weighted by molar-refractivity contribution is 6.00. The van der Waals surface area contributed by atoms with E-state index >= 15 is 0 Å². The maximum Gasteiger partial charge on any atom is 0.253 e. The molecule has 3 amide bonds. The first kappa shape index (κ1) is 31.6. The van der Waals surface area contributed by atoms with E-state index < -0.39 is 12.0 Å². The summed E-state index contributed by atoms with van der Waals surface area (Å²) < 4.78 is 0. The Balaban J connectivity index is 1.81. The minimum absolute atomic E-state index is 0.0136. The van der Waals surface area contributed by atoms with Crippen molar-refractivity contribution in [3.05, 3.63) is 108 Å². The third-order valence-electron chi connectivity index (χ3n) is 7.04. The van der Waals surface area contributed by atoms with Gasteiger partial charge in [0.2, 0.25) is 5.91 Å². The van der Waals surface area contributed by atoms with E-state index in [-0.39, 0.29) is 23.6 Å². The molecular weight excluding hydrogens is 510 g/mol. The zero-order chi connectivity index (χ0) is 29.8. The van der Waals surface area contributed by atoms with Crippen LogP contribution >= 0.6 is 0 Å². The van der Waals surface area contributed by atoms with E-state index in [1.807, 2.05) is 86.7 Å². The molecule has 3 aromatic rings. The third-order valence-corrected chi connectivity index (χ3v) is 7.04. The van der Waals surface area contributed by atoms with Crippen molar-refractivity contribution in [3.63, 3.8) is 0 Å². The van der Waals surface area contributed by atoms with Crippen LogP contribution in [0.4, 0.5) is 5.69 Å². The summed E-state index contributed by atoms with van der Waals surface area (Å²) in [7, 11) is 0. The number of benzene rings is 3. The number of carbonyl (C=O) groups is 3. The van der Waals surface area contributed by atoms with Crippen molar-refractivity contribution in [2.45, 2.75) is 59.9 Å². The van der Waals surface area contributed by atoms with Gasteiger partial charge in [-0.25, -0.2) is 0 Å². The second-order valence-electron chi connectivity index (χ2n) is 11.0. The van der Waals surface area contributed by atoms with Crippen LogP contribution in [0.3, 0.4) is 0 Å². The molecule has 6 nitrogen and oxygen atoms in total. The molecule has 0 bridgehead atoms. The minimum atomic E-state index is -0.435. The summed E-state index contributed by atoms with van der Waals surface area (Å²) in [6, 6.07) is 24.1. The van der Waals surface area contributed by atoms with Crippen LogP contribution in [0.15, 0.2) is 78.9 Å². The van der Waals surface area contributed by atoms with E-state index in [1.54, 1.807) is 24.3 Å². The molecule has 0 saturated heterocycles. The van der Waals surface area contributed by atoms with Gasteiger partial charge < -0.3 is 15.5 Å². The fourth-order valence-electron chi connectivity index (χ4n) is 4.84. The molecule has 0 aliphatic rings. The lowest BCUT2D eigenvalue weighted by Crippen LogP contribution is -2.41. The molecule has 6 heteroatoms. The van der Waals surface area contributed by atoms with Gasteiger partial charge in [0.15, 0.2) is 0 Å². The number of hydrogen-bond acceptors (Lipinski definition) is 3. The number of aryl methyl sites for hydroxylation is 1. The summed E-state index contributed by atoms with van der Waals surface area (Å²) in [4.78, 5) is 41.9. The molecule has 0 aliphatic carbocycles. The van der Waals surface area contributed by atoms with Crippen LogP contribution in [0, 0.1) is 25.2 Å². The van der Waals surface area contributed by atoms with E-state index in [4.69, 9.17) is 0 Å². The topological polar surface area (TPSA) is 78.5 Å². The highest BCUT2D eigenvalue weighted by Crippen LogP contribution is 2.22. The van der Waals surface area contributed by atoms with Crippen LogP contribution < -0.4 is 10.6 Å². The quantitative estimate of drug-likeness (QED) is 0.232. The van der Waals surface area contributed by atoms with E-state index in [1.165, 1.54) is 0 Å². The van der Waals surface area contributed by atoms with Gasteiger partial charge >= 0.3 is 0 Å². The lowest BCUT2D eigenvalue weighted by atomic mass is 9.86. The normalized spacial score (nSPS) is 12.4. The maximum absolute atomic E-state index is 13.5. The zero-order valence-corrected chi connectivity index (χ0v) is 25.0. The Morgan fingerprint density at radius 2 is 1.46 bits per heavy atom. The Morgan fingerprint density at radius 1 is 0.829 bits per heavy atom. The standard InChI is InChI=1S/C35H44N3O3/c1-6-20-38(21-7-2)35(41)29-15-11-14-28(23-29)33(39)37-31(22-27-12-9-8-10-13-27)24-32(25(3)4)34(40)36-30-18-16-26(5)17-19-30/h8-19,23-25,31-32H,6-7,20-22H2,1-5H3,(H,36,40)(H,37,39). The highest BCUT2D eigenvalue weighted by Gasteiger charge is 2.28. The molecule has 2 N–H and O–H groups in total. The van der Waals surface area contributed by atoms with E-state index in [2.05, 4.69) is 24.5 Å². The molecule has 1 radical (unpaired) electrons. The smallest absolute Gasteiger partial charge is 0.253 e. The molecule has 0 spiro atoms. The Bertz CT molecular complexity index is 1270. The zero-order valence-electron chi connectivity index (χ0n) is 25.0. The van der Waals surface area contributed by atoms with Crippen LogP contribution in [0.1, 0.15) is 72.4 Å². The van der Waals surface area contributed by atoms with Crippen LogP contribution in [0.25, 0.3) is 0 Å². The Hall–Kier alpha value is -3.93.